The molecule has 0 N–H and O–H groups in total. The van der Waals surface area contributed by atoms with E-state index in [9.17, 15) is 17.6 Å². The zero-order valence-electron chi connectivity index (χ0n) is 20.0. The Morgan fingerprint density at radius 1 is 0.857 bits per heavy atom. The fourth-order valence-corrected chi connectivity index (χ4v) is 4.99. The molecule has 1 aliphatic carbocycles. The molecule has 4 rings (SSSR count). The van der Waals surface area contributed by atoms with Crippen molar-refractivity contribution < 1.29 is 27.0 Å². The van der Waals surface area contributed by atoms with E-state index in [1.807, 2.05) is 12.1 Å². The van der Waals surface area contributed by atoms with Gasteiger partial charge >= 0.3 is 6.61 Å². The van der Waals surface area contributed by atoms with Crippen LogP contribution in [0.4, 0.5) is 17.6 Å². The van der Waals surface area contributed by atoms with Crippen molar-refractivity contribution in [2.45, 2.75) is 64.9 Å². The molecule has 1 fully saturated rings. The van der Waals surface area contributed by atoms with Gasteiger partial charge in [0, 0.05) is 5.56 Å². The molecule has 6 heteroatoms. The van der Waals surface area contributed by atoms with Crippen molar-refractivity contribution in [1.29, 1.82) is 0 Å². The van der Waals surface area contributed by atoms with E-state index in [0.717, 1.165) is 5.92 Å². The third-order valence-corrected chi connectivity index (χ3v) is 6.85. The van der Waals surface area contributed by atoms with Crippen LogP contribution in [0.15, 0.2) is 54.6 Å². The van der Waals surface area contributed by atoms with Crippen LogP contribution < -0.4 is 9.47 Å². The highest BCUT2D eigenvalue weighted by Crippen LogP contribution is 2.41. The fourth-order valence-electron chi connectivity index (χ4n) is 4.99. The summed E-state index contributed by atoms with van der Waals surface area (Å²) >= 11 is 0. The third-order valence-electron chi connectivity index (χ3n) is 6.85. The van der Waals surface area contributed by atoms with E-state index in [1.165, 1.54) is 75.3 Å². The van der Waals surface area contributed by atoms with Gasteiger partial charge in [0.1, 0.15) is 11.5 Å². The lowest BCUT2D eigenvalue weighted by atomic mass is 9.77. The summed E-state index contributed by atoms with van der Waals surface area (Å²) in [6.07, 6.45) is 7.38. The highest BCUT2D eigenvalue weighted by atomic mass is 19.3. The largest absolute Gasteiger partial charge is 0.454 e. The van der Waals surface area contributed by atoms with Crippen molar-refractivity contribution in [3.8, 4) is 28.4 Å². The number of halogens is 4. The predicted octanol–water partition coefficient (Wildman–Crippen LogP) is 9.41. The Balaban J connectivity index is 1.58. The van der Waals surface area contributed by atoms with Crippen LogP contribution >= 0.6 is 0 Å². The zero-order chi connectivity index (χ0) is 24.9. The molecule has 1 saturated carbocycles. The van der Waals surface area contributed by atoms with Crippen LogP contribution in [-0.2, 0) is 0 Å². The summed E-state index contributed by atoms with van der Waals surface area (Å²) < 4.78 is 64.3. The Kier molecular flexibility index (Phi) is 7.99. The fraction of sp³-hybridized carbons (Fsp3) is 0.379. The average molecular weight is 487 g/mol. The van der Waals surface area contributed by atoms with E-state index < -0.39 is 18.2 Å². The van der Waals surface area contributed by atoms with Gasteiger partial charge in [0.2, 0.25) is 5.82 Å². The first kappa shape index (κ1) is 25.1. The van der Waals surface area contributed by atoms with Crippen LogP contribution in [0, 0.1) is 24.5 Å². The standard InChI is InChI=1S/C29H30F4O2/c1-3-4-19-5-7-20(8-6-19)21-9-11-22(12-10-21)25-17-18(2)26(30)27(31)28(25)34-23-13-15-24(16-14-23)35-29(32)33/h9-17,19-20,29H,3-8H2,1-2H3/t19-,20-. The lowest BCUT2D eigenvalue weighted by molar-refractivity contribution is -0.0498. The van der Waals surface area contributed by atoms with Crippen molar-refractivity contribution in [3.63, 3.8) is 0 Å². The molecule has 0 aromatic heterocycles. The first-order chi connectivity index (χ1) is 16.9. The molecule has 0 amide bonds. The number of aryl methyl sites for hydroxylation is 1. The number of hydrogen-bond acceptors (Lipinski definition) is 2. The van der Waals surface area contributed by atoms with E-state index in [2.05, 4.69) is 23.8 Å². The molecule has 0 heterocycles. The Morgan fingerprint density at radius 3 is 2.09 bits per heavy atom. The molecule has 1 aliphatic rings. The molecular weight excluding hydrogens is 456 g/mol. The minimum absolute atomic E-state index is 0.0533. The Bertz CT molecular complexity index is 1120. The molecule has 0 aliphatic heterocycles. The van der Waals surface area contributed by atoms with Gasteiger partial charge in [0.05, 0.1) is 0 Å². The SMILES string of the molecule is CCC[C@H]1CC[C@H](c2ccc(-c3cc(C)c(F)c(F)c3Oc3ccc(OC(F)F)cc3)cc2)CC1. The maximum absolute atomic E-state index is 15.0. The smallest absolute Gasteiger partial charge is 0.387 e. The summed E-state index contributed by atoms with van der Waals surface area (Å²) in [6.45, 7) is 0.789. The van der Waals surface area contributed by atoms with Gasteiger partial charge in [-0.3, -0.25) is 0 Å². The van der Waals surface area contributed by atoms with Crippen LogP contribution in [0.2, 0.25) is 0 Å². The van der Waals surface area contributed by atoms with Crippen molar-refractivity contribution in [1.82, 2.24) is 0 Å². The summed E-state index contributed by atoms with van der Waals surface area (Å²) in [5.74, 6) is -0.848. The normalized spacial score (nSPS) is 18.0. The van der Waals surface area contributed by atoms with E-state index >= 15 is 0 Å². The van der Waals surface area contributed by atoms with Crippen LogP contribution in [-0.4, -0.2) is 6.61 Å². The number of rotatable bonds is 8. The Morgan fingerprint density at radius 2 is 1.49 bits per heavy atom. The van der Waals surface area contributed by atoms with E-state index in [0.29, 0.717) is 17.0 Å². The topological polar surface area (TPSA) is 18.5 Å². The molecule has 0 spiro atoms. The second-order valence-corrected chi connectivity index (χ2v) is 9.28. The third kappa shape index (κ3) is 5.98. The molecular formula is C29H30F4O2. The Hall–Kier alpha value is -3.02. The molecule has 0 atom stereocenters. The van der Waals surface area contributed by atoms with Gasteiger partial charge in [-0.25, -0.2) is 4.39 Å². The van der Waals surface area contributed by atoms with Gasteiger partial charge in [-0.2, -0.15) is 13.2 Å². The molecule has 3 aromatic carbocycles. The molecule has 0 radical (unpaired) electrons. The minimum atomic E-state index is -2.95. The second-order valence-electron chi connectivity index (χ2n) is 9.28. The second kappa shape index (κ2) is 11.1. The van der Waals surface area contributed by atoms with Crippen molar-refractivity contribution in [3.05, 3.63) is 77.4 Å². The first-order valence-corrected chi connectivity index (χ1v) is 12.2. The van der Waals surface area contributed by atoms with Crippen LogP contribution in [0.5, 0.6) is 17.2 Å². The number of benzene rings is 3. The summed E-state index contributed by atoms with van der Waals surface area (Å²) in [5, 5.41) is 0. The van der Waals surface area contributed by atoms with Gasteiger partial charge in [-0.15, -0.1) is 0 Å². The Labute approximate surface area is 203 Å². The quantitative estimate of drug-likeness (QED) is 0.295. The maximum atomic E-state index is 15.0. The van der Waals surface area contributed by atoms with Gasteiger partial charge in [-0.05, 0) is 91.5 Å². The summed E-state index contributed by atoms with van der Waals surface area (Å²) in [4.78, 5) is 0. The van der Waals surface area contributed by atoms with Crippen LogP contribution in [0.25, 0.3) is 11.1 Å². The lowest BCUT2D eigenvalue weighted by Crippen LogP contribution is -2.13. The number of hydrogen-bond donors (Lipinski definition) is 0. The molecule has 0 bridgehead atoms. The minimum Gasteiger partial charge on any atom is -0.454 e. The highest BCUT2D eigenvalue weighted by molar-refractivity contribution is 5.72. The van der Waals surface area contributed by atoms with Gasteiger partial charge in [0.25, 0.3) is 0 Å². The van der Waals surface area contributed by atoms with Crippen molar-refractivity contribution in [2.24, 2.45) is 5.92 Å². The molecule has 35 heavy (non-hydrogen) atoms. The van der Waals surface area contributed by atoms with Crippen molar-refractivity contribution >= 4 is 0 Å². The predicted molar refractivity (Wildman–Crippen MR) is 129 cm³/mol. The summed E-state index contributed by atoms with van der Waals surface area (Å²) in [6, 6.07) is 14.9. The summed E-state index contributed by atoms with van der Waals surface area (Å²) in [7, 11) is 0. The van der Waals surface area contributed by atoms with E-state index in [4.69, 9.17) is 4.74 Å². The number of alkyl halides is 2. The first-order valence-electron chi connectivity index (χ1n) is 12.2. The van der Waals surface area contributed by atoms with E-state index in [-0.39, 0.29) is 22.8 Å². The molecule has 186 valence electrons. The summed E-state index contributed by atoms with van der Waals surface area (Å²) in [5.41, 5.74) is 2.57. The maximum Gasteiger partial charge on any atom is 0.387 e. The molecule has 0 saturated heterocycles. The van der Waals surface area contributed by atoms with Crippen molar-refractivity contribution in [2.75, 3.05) is 0 Å². The highest BCUT2D eigenvalue weighted by Gasteiger charge is 2.23. The average Bonchev–Trinajstić information content (AvgIpc) is 2.86. The van der Waals surface area contributed by atoms with Gasteiger partial charge < -0.3 is 9.47 Å². The number of ether oxygens (including phenoxy) is 2. The molecule has 0 unspecified atom stereocenters. The van der Waals surface area contributed by atoms with Gasteiger partial charge in [-0.1, -0.05) is 44.0 Å². The lowest BCUT2D eigenvalue weighted by Gasteiger charge is -2.28. The van der Waals surface area contributed by atoms with E-state index in [1.54, 1.807) is 6.07 Å². The molecule has 3 aromatic rings. The van der Waals surface area contributed by atoms with Crippen LogP contribution in [0.3, 0.4) is 0 Å². The van der Waals surface area contributed by atoms with Gasteiger partial charge in [0.15, 0.2) is 11.6 Å². The molecule has 2 nitrogen and oxygen atoms in total. The monoisotopic (exact) mass is 486 g/mol. The zero-order valence-corrected chi connectivity index (χ0v) is 20.0. The van der Waals surface area contributed by atoms with Crippen LogP contribution in [0.1, 0.15) is 62.5 Å².